The van der Waals surface area contributed by atoms with Crippen LogP contribution < -0.4 is 15.4 Å². The molecule has 2 N–H and O–H groups in total. The lowest BCUT2D eigenvalue weighted by atomic mass is 10.2. The zero-order valence-electron chi connectivity index (χ0n) is 17.2. The number of guanidine groups is 1. The number of ether oxygens (including phenoxy) is 1. The first-order valence-electron chi connectivity index (χ1n) is 10.0. The lowest BCUT2D eigenvalue weighted by Crippen LogP contribution is -2.38. The lowest BCUT2D eigenvalue weighted by Gasteiger charge is -2.12. The maximum Gasteiger partial charge on any atom is 0.224 e. The molecule has 1 aromatic carbocycles. The number of nitrogens with one attached hydrogen (secondary N) is 2. The van der Waals surface area contributed by atoms with Crippen molar-refractivity contribution in [3.05, 3.63) is 70.1 Å². The van der Waals surface area contributed by atoms with Crippen LogP contribution >= 0.6 is 11.3 Å². The highest BCUT2D eigenvalue weighted by molar-refractivity contribution is 7.11. The molecule has 0 radical (unpaired) electrons. The summed E-state index contributed by atoms with van der Waals surface area (Å²) in [4.78, 5) is 14.7. The van der Waals surface area contributed by atoms with Gasteiger partial charge in [0, 0.05) is 48.4 Å². The number of halogens is 1. The summed E-state index contributed by atoms with van der Waals surface area (Å²) in [6.45, 7) is 6.03. The Kier molecular flexibility index (Phi) is 8.14. The van der Waals surface area contributed by atoms with Gasteiger partial charge in [-0.1, -0.05) is 19.1 Å². The molecule has 3 aromatic rings. The second kappa shape index (κ2) is 11.3. The fourth-order valence-electron chi connectivity index (χ4n) is 2.70. The molecule has 0 aliphatic carbocycles. The van der Waals surface area contributed by atoms with E-state index in [2.05, 4.69) is 32.5 Å². The van der Waals surface area contributed by atoms with E-state index in [1.165, 1.54) is 17.0 Å². The normalized spacial score (nSPS) is 11.4. The molecule has 6 nitrogen and oxygen atoms in total. The number of aliphatic imine (C=N–C) groups is 1. The van der Waals surface area contributed by atoms with Gasteiger partial charge in [0.2, 0.25) is 5.88 Å². The average Bonchev–Trinajstić information content (AvgIpc) is 3.21. The number of nitrogens with zero attached hydrogens (tertiary/aromatic N) is 3. The minimum absolute atomic E-state index is 0.354. The second-order valence-corrected chi connectivity index (χ2v) is 7.67. The van der Waals surface area contributed by atoms with Crippen molar-refractivity contribution in [1.29, 1.82) is 0 Å². The number of thiazole rings is 1. The van der Waals surface area contributed by atoms with E-state index in [1.54, 1.807) is 29.7 Å². The van der Waals surface area contributed by atoms with Crippen molar-refractivity contribution in [2.75, 3.05) is 13.1 Å². The highest BCUT2D eigenvalue weighted by atomic mass is 32.1. The number of benzene rings is 1. The predicted molar refractivity (Wildman–Crippen MR) is 119 cm³/mol. The second-order valence-electron chi connectivity index (χ2n) is 6.47. The highest BCUT2D eigenvalue weighted by Gasteiger charge is 2.08. The Morgan fingerprint density at radius 3 is 2.83 bits per heavy atom. The SMILES string of the molecule is CCNC(=NCc1cccnc1Oc1cccc(F)c1)NCCc1ncc(CC)s1. The van der Waals surface area contributed by atoms with Gasteiger partial charge >= 0.3 is 0 Å². The summed E-state index contributed by atoms with van der Waals surface area (Å²) in [5, 5.41) is 7.70. The smallest absolute Gasteiger partial charge is 0.224 e. The Hall–Kier alpha value is -3.00. The molecule has 0 saturated heterocycles. The molecule has 0 aliphatic heterocycles. The van der Waals surface area contributed by atoms with Crippen molar-refractivity contribution >= 4 is 17.3 Å². The van der Waals surface area contributed by atoms with Gasteiger partial charge in [-0.05, 0) is 31.5 Å². The standard InChI is InChI=1S/C22H26FN5OS/c1-3-19-15-27-20(30-19)10-12-26-22(24-4-2)28-14-16-7-6-11-25-21(16)29-18-9-5-8-17(23)13-18/h5-9,11,13,15H,3-4,10,12,14H2,1-2H3,(H2,24,26,28). The van der Waals surface area contributed by atoms with E-state index in [4.69, 9.17) is 4.74 Å². The van der Waals surface area contributed by atoms with Gasteiger partial charge in [-0.25, -0.2) is 19.4 Å². The summed E-state index contributed by atoms with van der Waals surface area (Å²) < 4.78 is 19.2. The summed E-state index contributed by atoms with van der Waals surface area (Å²) in [7, 11) is 0. The van der Waals surface area contributed by atoms with E-state index in [0.717, 1.165) is 36.5 Å². The van der Waals surface area contributed by atoms with Gasteiger partial charge in [-0.15, -0.1) is 11.3 Å². The van der Waals surface area contributed by atoms with Gasteiger partial charge < -0.3 is 15.4 Å². The van der Waals surface area contributed by atoms with Crippen LogP contribution in [0.15, 0.2) is 53.8 Å². The van der Waals surface area contributed by atoms with E-state index < -0.39 is 0 Å². The van der Waals surface area contributed by atoms with Crippen LogP contribution in [0.4, 0.5) is 4.39 Å². The van der Waals surface area contributed by atoms with Crippen LogP contribution in [0.1, 0.15) is 29.3 Å². The Morgan fingerprint density at radius 2 is 2.07 bits per heavy atom. The molecule has 2 aromatic heterocycles. The van der Waals surface area contributed by atoms with Crippen molar-refractivity contribution in [1.82, 2.24) is 20.6 Å². The summed E-state index contributed by atoms with van der Waals surface area (Å²) >= 11 is 1.75. The van der Waals surface area contributed by atoms with Gasteiger partial charge in [0.25, 0.3) is 0 Å². The molecule has 0 bridgehead atoms. The Labute approximate surface area is 180 Å². The van der Waals surface area contributed by atoms with Gasteiger partial charge in [0.15, 0.2) is 5.96 Å². The van der Waals surface area contributed by atoms with Crippen molar-refractivity contribution in [3.63, 3.8) is 0 Å². The van der Waals surface area contributed by atoms with Crippen LogP contribution in [0.25, 0.3) is 0 Å². The van der Waals surface area contributed by atoms with Gasteiger partial charge in [-0.2, -0.15) is 0 Å². The van der Waals surface area contributed by atoms with Crippen LogP contribution in [0.5, 0.6) is 11.6 Å². The number of hydrogen-bond acceptors (Lipinski definition) is 5. The van der Waals surface area contributed by atoms with Crippen LogP contribution in [0.3, 0.4) is 0 Å². The van der Waals surface area contributed by atoms with Crippen LogP contribution in [0.2, 0.25) is 0 Å². The van der Waals surface area contributed by atoms with Crippen molar-refractivity contribution in [2.24, 2.45) is 4.99 Å². The topological polar surface area (TPSA) is 71.4 Å². The summed E-state index contributed by atoms with van der Waals surface area (Å²) in [5.74, 6) is 1.18. The largest absolute Gasteiger partial charge is 0.439 e. The molecule has 8 heteroatoms. The zero-order chi connectivity index (χ0) is 21.2. The van der Waals surface area contributed by atoms with E-state index in [0.29, 0.717) is 24.1 Å². The van der Waals surface area contributed by atoms with E-state index in [1.807, 2.05) is 25.3 Å². The quantitative estimate of drug-likeness (QED) is 0.393. The first-order chi connectivity index (χ1) is 14.7. The van der Waals surface area contributed by atoms with E-state index >= 15 is 0 Å². The van der Waals surface area contributed by atoms with Crippen LogP contribution in [-0.2, 0) is 19.4 Å². The minimum Gasteiger partial charge on any atom is -0.439 e. The Balaban J connectivity index is 1.62. The highest BCUT2D eigenvalue weighted by Crippen LogP contribution is 2.24. The molecule has 0 saturated carbocycles. The van der Waals surface area contributed by atoms with Gasteiger partial charge in [0.1, 0.15) is 11.6 Å². The van der Waals surface area contributed by atoms with Crippen LogP contribution in [0, 0.1) is 5.82 Å². The molecular formula is C22H26FN5OS. The third-order valence-electron chi connectivity index (χ3n) is 4.19. The van der Waals surface area contributed by atoms with E-state index in [9.17, 15) is 4.39 Å². The molecular weight excluding hydrogens is 401 g/mol. The van der Waals surface area contributed by atoms with Gasteiger partial charge in [0.05, 0.1) is 11.6 Å². The molecule has 30 heavy (non-hydrogen) atoms. The number of aromatic nitrogens is 2. The first-order valence-corrected chi connectivity index (χ1v) is 10.8. The molecule has 3 rings (SSSR count). The fraction of sp³-hybridized carbons (Fsp3) is 0.318. The maximum absolute atomic E-state index is 13.4. The third-order valence-corrected chi connectivity index (χ3v) is 5.39. The minimum atomic E-state index is -0.354. The monoisotopic (exact) mass is 427 g/mol. The maximum atomic E-state index is 13.4. The lowest BCUT2D eigenvalue weighted by molar-refractivity contribution is 0.452. The predicted octanol–water partition coefficient (Wildman–Crippen LogP) is 4.33. The van der Waals surface area contributed by atoms with Crippen molar-refractivity contribution < 1.29 is 9.13 Å². The fourth-order valence-corrected chi connectivity index (χ4v) is 3.56. The summed E-state index contributed by atoms with van der Waals surface area (Å²) in [6, 6.07) is 9.73. The summed E-state index contributed by atoms with van der Waals surface area (Å²) in [5.41, 5.74) is 0.812. The van der Waals surface area contributed by atoms with Crippen molar-refractivity contribution in [2.45, 2.75) is 33.2 Å². The molecule has 0 amide bonds. The first kappa shape index (κ1) is 21.7. The molecule has 0 unspecified atom stereocenters. The number of rotatable bonds is 9. The average molecular weight is 428 g/mol. The Bertz CT molecular complexity index is 975. The molecule has 0 fully saturated rings. The molecule has 2 heterocycles. The molecule has 158 valence electrons. The van der Waals surface area contributed by atoms with Gasteiger partial charge in [-0.3, -0.25) is 0 Å². The van der Waals surface area contributed by atoms with E-state index in [-0.39, 0.29) is 5.82 Å². The Morgan fingerprint density at radius 1 is 1.17 bits per heavy atom. The summed E-state index contributed by atoms with van der Waals surface area (Å²) in [6.07, 6.45) is 5.45. The number of aryl methyl sites for hydroxylation is 1. The molecule has 0 spiro atoms. The van der Waals surface area contributed by atoms with Crippen molar-refractivity contribution in [3.8, 4) is 11.6 Å². The third kappa shape index (κ3) is 6.52. The molecule has 0 atom stereocenters. The number of pyridine rings is 1. The zero-order valence-corrected chi connectivity index (χ0v) is 18.0. The number of hydrogen-bond donors (Lipinski definition) is 2. The van der Waals surface area contributed by atoms with Crippen LogP contribution in [-0.4, -0.2) is 29.0 Å². The molecule has 0 aliphatic rings.